The number of hydrogen-bond acceptors (Lipinski definition) is 4. The molecule has 0 bridgehead atoms. The van der Waals surface area contributed by atoms with E-state index in [0.29, 0.717) is 30.2 Å². The summed E-state index contributed by atoms with van der Waals surface area (Å²) in [4.78, 5) is 30.2. The first-order valence-electron chi connectivity index (χ1n) is 9.58. The van der Waals surface area contributed by atoms with Crippen LogP contribution in [0.15, 0.2) is 47.5 Å². The Hall–Kier alpha value is -3.35. The molecule has 0 aliphatic carbocycles. The Balaban J connectivity index is 1.48. The lowest BCUT2D eigenvalue weighted by Gasteiger charge is -2.17. The van der Waals surface area contributed by atoms with E-state index in [4.69, 9.17) is 4.74 Å². The molecular formula is C22H26N4O3. The normalized spacial score (nSPS) is 13.5. The molecule has 0 saturated carbocycles. The van der Waals surface area contributed by atoms with Crippen molar-refractivity contribution < 1.29 is 14.3 Å². The number of fused-ring (bicyclic) bond motifs is 1. The number of aliphatic imine (C=N–C) groups is 1. The van der Waals surface area contributed by atoms with Gasteiger partial charge in [0.05, 0.1) is 18.2 Å². The first kappa shape index (κ1) is 20.4. The van der Waals surface area contributed by atoms with Gasteiger partial charge in [-0.2, -0.15) is 0 Å². The number of aryl methyl sites for hydroxylation is 1. The fourth-order valence-electron chi connectivity index (χ4n) is 3.37. The molecule has 1 aliphatic rings. The molecule has 0 fully saturated rings. The second kappa shape index (κ2) is 9.23. The van der Waals surface area contributed by atoms with E-state index in [2.05, 4.69) is 28.6 Å². The highest BCUT2D eigenvalue weighted by Gasteiger charge is 2.34. The number of carbonyl (C=O) groups is 2. The lowest BCUT2D eigenvalue weighted by atomic mass is 10.1. The highest BCUT2D eigenvalue weighted by Crippen LogP contribution is 2.22. The predicted octanol–water partition coefficient (Wildman–Crippen LogP) is 2.01. The summed E-state index contributed by atoms with van der Waals surface area (Å²) in [5.41, 5.74) is 3.24. The van der Waals surface area contributed by atoms with Crippen molar-refractivity contribution >= 4 is 17.8 Å². The standard InChI is InChI=1S/C22H26N4O3/c1-15-8-9-19(29-3)16(14-15)10-11-24-22(23-2)25-12-13-26-20(27)17-6-4-5-7-18(17)21(26)28/h4-9,14H,10-13H2,1-3H3,(H2,23,24,25). The molecule has 0 aromatic heterocycles. The van der Waals surface area contributed by atoms with Gasteiger partial charge in [-0.1, -0.05) is 29.8 Å². The predicted molar refractivity (Wildman–Crippen MR) is 113 cm³/mol. The van der Waals surface area contributed by atoms with E-state index < -0.39 is 0 Å². The van der Waals surface area contributed by atoms with E-state index in [1.54, 1.807) is 38.4 Å². The number of guanidine groups is 1. The highest BCUT2D eigenvalue weighted by molar-refractivity contribution is 6.21. The summed E-state index contributed by atoms with van der Waals surface area (Å²) in [6, 6.07) is 13.0. The Kier molecular flexibility index (Phi) is 6.49. The number of hydrogen-bond donors (Lipinski definition) is 2. The van der Waals surface area contributed by atoms with Gasteiger partial charge in [0.25, 0.3) is 11.8 Å². The van der Waals surface area contributed by atoms with Gasteiger partial charge in [-0.15, -0.1) is 0 Å². The molecular weight excluding hydrogens is 368 g/mol. The van der Waals surface area contributed by atoms with Gasteiger partial charge in [0, 0.05) is 26.7 Å². The summed E-state index contributed by atoms with van der Waals surface area (Å²) >= 11 is 0. The van der Waals surface area contributed by atoms with Crippen molar-refractivity contribution in [3.8, 4) is 5.75 Å². The van der Waals surface area contributed by atoms with Gasteiger partial charge in [-0.25, -0.2) is 0 Å². The van der Waals surface area contributed by atoms with Crippen LogP contribution in [0.5, 0.6) is 5.75 Å². The molecule has 2 aromatic rings. The third kappa shape index (κ3) is 4.56. The molecule has 29 heavy (non-hydrogen) atoms. The smallest absolute Gasteiger partial charge is 0.261 e. The van der Waals surface area contributed by atoms with Gasteiger partial charge in [0.2, 0.25) is 0 Å². The maximum absolute atomic E-state index is 12.4. The maximum Gasteiger partial charge on any atom is 0.261 e. The molecule has 0 saturated heterocycles. The second-order valence-corrected chi connectivity index (χ2v) is 6.80. The van der Waals surface area contributed by atoms with Gasteiger partial charge in [0.15, 0.2) is 5.96 Å². The average Bonchev–Trinajstić information content (AvgIpc) is 2.98. The molecule has 2 amide bonds. The summed E-state index contributed by atoms with van der Waals surface area (Å²) in [5.74, 6) is 0.989. The molecule has 0 unspecified atom stereocenters. The van der Waals surface area contributed by atoms with Gasteiger partial charge in [-0.05, 0) is 37.1 Å². The zero-order valence-electron chi connectivity index (χ0n) is 17.0. The van der Waals surface area contributed by atoms with Crippen LogP contribution in [-0.2, 0) is 6.42 Å². The first-order chi connectivity index (χ1) is 14.0. The Labute approximate surface area is 170 Å². The molecule has 1 heterocycles. The number of imide groups is 1. The molecule has 0 atom stereocenters. The molecule has 152 valence electrons. The number of benzene rings is 2. The zero-order valence-corrected chi connectivity index (χ0v) is 17.0. The fourth-order valence-corrected chi connectivity index (χ4v) is 3.37. The molecule has 2 N–H and O–H groups in total. The number of amides is 2. The van der Waals surface area contributed by atoms with Gasteiger partial charge >= 0.3 is 0 Å². The third-order valence-electron chi connectivity index (χ3n) is 4.85. The van der Waals surface area contributed by atoms with Crippen LogP contribution in [0, 0.1) is 6.92 Å². The number of rotatable bonds is 7. The van der Waals surface area contributed by atoms with Crippen molar-refractivity contribution in [1.82, 2.24) is 15.5 Å². The van der Waals surface area contributed by atoms with E-state index in [1.165, 1.54) is 10.5 Å². The second-order valence-electron chi connectivity index (χ2n) is 6.80. The number of nitrogens with zero attached hydrogens (tertiary/aromatic N) is 2. The Bertz CT molecular complexity index is 904. The summed E-state index contributed by atoms with van der Waals surface area (Å²) in [6.45, 7) is 3.42. The average molecular weight is 394 g/mol. The van der Waals surface area contributed by atoms with E-state index >= 15 is 0 Å². The maximum atomic E-state index is 12.4. The minimum Gasteiger partial charge on any atom is -0.496 e. The molecule has 0 spiro atoms. The Morgan fingerprint density at radius 1 is 1.03 bits per heavy atom. The Morgan fingerprint density at radius 2 is 1.69 bits per heavy atom. The monoisotopic (exact) mass is 394 g/mol. The number of nitrogens with one attached hydrogen (secondary N) is 2. The van der Waals surface area contributed by atoms with Gasteiger partial charge in [0.1, 0.15) is 5.75 Å². The lowest BCUT2D eigenvalue weighted by Crippen LogP contribution is -2.43. The van der Waals surface area contributed by atoms with Crippen LogP contribution in [-0.4, -0.2) is 56.5 Å². The van der Waals surface area contributed by atoms with E-state index in [0.717, 1.165) is 17.7 Å². The van der Waals surface area contributed by atoms with Crippen LogP contribution in [0.4, 0.5) is 0 Å². The van der Waals surface area contributed by atoms with Crippen molar-refractivity contribution in [2.24, 2.45) is 4.99 Å². The number of ether oxygens (including phenoxy) is 1. The van der Waals surface area contributed by atoms with Gasteiger partial charge < -0.3 is 15.4 Å². The van der Waals surface area contributed by atoms with Crippen molar-refractivity contribution in [3.63, 3.8) is 0 Å². The topological polar surface area (TPSA) is 83.0 Å². The molecule has 7 nitrogen and oxygen atoms in total. The SMILES string of the molecule is CN=C(NCCc1cc(C)ccc1OC)NCCN1C(=O)c2ccccc2C1=O. The summed E-state index contributed by atoms with van der Waals surface area (Å²) in [5, 5.41) is 6.40. The van der Waals surface area contributed by atoms with Crippen LogP contribution >= 0.6 is 0 Å². The molecule has 1 aliphatic heterocycles. The highest BCUT2D eigenvalue weighted by atomic mass is 16.5. The quantitative estimate of drug-likeness (QED) is 0.426. The van der Waals surface area contributed by atoms with E-state index in [-0.39, 0.29) is 18.4 Å². The lowest BCUT2D eigenvalue weighted by molar-refractivity contribution is 0.0657. The van der Waals surface area contributed by atoms with E-state index in [9.17, 15) is 9.59 Å². The van der Waals surface area contributed by atoms with Crippen LogP contribution in [0.1, 0.15) is 31.8 Å². The fraction of sp³-hybridized carbons (Fsp3) is 0.318. The minimum atomic E-state index is -0.248. The number of carbonyl (C=O) groups excluding carboxylic acids is 2. The first-order valence-corrected chi connectivity index (χ1v) is 9.58. The summed E-state index contributed by atoms with van der Waals surface area (Å²) < 4.78 is 5.41. The Morgan fingerprint density at radius 3 is 2.31 bits per heavy atom. The van der Waals surface area contributed by atoms with Crippen LogP contribution in [0.3, 0.4) is 0 Å². The zero-order chi connectivity index (χ0) is 20.8. The van der Waals surface area contributed by atoms with Gasteiger partial charge in [-0.3, -0.25) is 19.5 Å². The van der Waals surface area contributed by atoms with Crippen molar-refractivity contribution in [2.45, 2.75) is 13.3 Å². The van der Waals surface area contributed by atoms with Crippen LogP contribution in [0.25, 0.3) is 0 Å². The molecule has 7 heteroatoms. The number of methoxy groups -OCH3 is 1. The van der Waals surface area contributed by atoms with Crippen molar-refractivity contribution in [2.75, 3.05) is 33.8 Å². The van der Waals surface area contributed by atoms with Crippen molar-refractivity contribution in [1.29, 1.82) is 0 Å². The van der Waals surface area contributed by atoms with E-state index in [1.807, 2.05) is 12.1 Å². The van der Waals surface area contributed by atoms with Crippen LogP contribution in [0.2, 0.25) is 0 Å². The largest absolute Gasteiger partial charge is 0.496 e. The van der Waals surface area contributed by atoms with Crippen LogP contribution < -0.4 is 15.4 Å². The summed E-state index contributed by atoms with van der Waals surface area (Å²) in [7, 11) is 3.35. The van der Waals surface area contributed by atoms with Crippen molar-refractivity contribution in [3.05, 3.63) is 64.7 Å². The molecule has 3 rings (SSSR count). The summed E-state index contributed by atoms with van der Waals surface area (Å²) in [6.07, 6.45) is 0.782. The third-order valence-corrected chi connectivity index (χ3v) is 4.85. The minimum absolute atomic E-state index is 0.248. The molecule has 0 radical (unpaired) electrons. The molecule has 2 aromatic carbocycles.